The molecule has 5 nitrogen and oxygen atoms in total. The Bertz CT molecular complexity index is 738. The van der Waals surface area contributed by atoms with Crippen molar-refractivity contribution in [1.82, 2.24) is 10.6 Å². The van der Waals surface area contributed by atoms with Crippen LogP contribution in [0, 0.1) is 30.1 Å². The first-order valence-electron chi connectivity index (χ1n) is 10.6. The second-order valence-electron chi connectivity index (χ2n) is 9.42. The minimum Gasteiger partial charge on any atom is -0.496 e. The topological polar surface area (TPSA) is 67.4 Å². The quantitative estimate of drug-likeness (QED) is 0.789. The zero-order valence-corrected chi connectivity index (χ0v) is 17.2. The molecular formula is C23H32N2O3. The van der Waals surface area contributed by atoms with Gasteiger partial charge in [-0.25, -0.2) is 0 Å². The highest BCUT2D eigenvalue weighted by Gasteiger charge is 2.54. The minimum absolute atomic E-state index is 0.0407. The number of methoxy groups -OCH3 is 1. The zero-order chi connectivity index (χ0) is 19.9. The van der Waals surface area contributed by atoms with Crippen LogP contribution >= 0.6 is 0 Å². The second-order valence-corrected chi connectivity index (χ2v) is 9.42. The molecule has 4 aliphatic rings. The molecule has 0 aliphatic heterocycles. The van der Waals surface area contributed by atoms with Crippen LogP contribution in [0.15, 0.2) is 18.2 Å². The molecule has 0 saturated heterocycles. The van der Waals surface area contributed by atoms with Crippen molar-refractivity contribution in [3.63, 3.8) is 0 Å². The van der Waals surface area contributed by atoms with Crippen molar-refractivity contribution in [2.24, 2.45) is 23.2 Å². The predicted molar refractivity (Wildman–Crippen MR) is 108 cm³/mol. The summed E-state index contributed by atoms with van der Waals surface area (Å²) < 4.78 is 5.42. The minimum atomic E-state index is -0.208. The van der Waals surface area contributed by atoms with Crippen molar-refractivity contribution in [2.45, 2.75) is 58.4 Å². The van der Waals surface area contributed by atoms with Gasteiger partial charge < -0.3 is 15.4 Å². The molecule has 0 heterocycles. The number of hydrogen-bond acceptors (Lipinski definition) is 3. The van der Waals surface area contributed by atoms with Gasteiger partial charge in [-0.05, 0) is 76.2 Å². The first-order valence-corrected chi connectivity index (χ1v) is 10.6. The van der Waals surface area contributed by atoms with Crippen LogP contribution in [0.4, 0.5) is 0 Å². The smallest absolute Gasteiger partial charge is 0.239 e. The van der Waals surface area contributed by atoms with Gasteiger partial charge in [0.25, 0.3) is 0 Å². The number of carbonyl (C=O) groups is 2. The highest BCUT2D eigenvalue weighted by atomic mass is 16.5. The van der Waals surface area contributed by atoms with Crippen LogP contribution < -0.4 is 15.4 Å². The molecule has 1 aromatic carbocycles. The number of nitrogens with one attached hydrogen (secondary N) is 2. The van der Waals surface area contributed by atoms with E-state index in [0.29, 0.717) is 0 Å². The van der Waals surface area contributed by atoms with Gasteiger partial charge in [0.1, 0.15) is 5.75 Å². The van der Waals surface area contributed by atoms with Crippen molar-refractivity contribution in [3.8, 4) is 5.75 Å². The van der Waals surface area contributed by atoms with Crippen LogP contribution in [-0.4, -0.2) is 25.5 Å². The summed E-state index contributed by atoms with van der Waals surface area (Å²) in [7, 11) is 1.63. The summed E-state index contributed by atoms with van der Waals surface area (Å²) in [5.74, 6) is 2.87. The van der Waals surface area contributed by atoms with Crippen LogP contribution in [0.2, 0.25) is 0 Å². The number of amides is 2. The van der Waals surface area contributed by atoms with E-state index >= 15 is 0 Å². The maximum absolute atomic E-state index is 13.0. The first-order chi connectivity index (χ1) is 13.4. The third kappa shape index (κ3) is 3.63. The van der Waals surface area contributed by atoms with E-state index in [1.165, 1.54) is 19.3 Å². The first kappa shape index (κ1) is 19.3. The van der Waals surface area contributed by atoms with Gasteiger partial charge in [-0.2, -0.15) is 0 Å². The lowest BCUT2D eigenvalue weighted by molar-refractivity contribution is -0.147. The Morgan fingerprint density at radius 1 is 1.14 bits per heavy atom. The number of hydrogen-bond donors (Lipinski definition) is 2. The van der Waals surface area contributed by atoms with Crippen LogP contribution in [0.25, 0.3) is 0 Å². The fourth-order valence-corrected chi connectivity index (χ4v) is 6.30. The maximum Gasteiger partial charge on any atom is 0.239 e. The Kier molecular flexibility index (Phi) is 5.11. The van der Waals surface area contributed by atoms with Crippen LogP contribution in [0.3, 0.4) is 0 Å². The van der Waals surface area contributed by atoms with Gasteiger partial charge in [-0.3, -0.25) is 9.59 Å². The lowest BCUT2D eigenvalue weighted by atomic mass is 9.49. The Morgan fingerprint density at radius 3 is 2.32 bits per heavy atom. The van der Waals surface area contributed by atoms with Crippen LogP contribution in [0.5, 0.6) is 5.75 Å². The predicted octanol–water partition coefficient (Wildman–Crippen LogP) is 3.51. The van der Waals surface area contributed by atoms with Crippen molar-refractivity contribution in [3.05, 3.63) is 29.3 Å². The zero-order valence-electron chi connectivity index (χ0n) is 17.2. The summed E-state index contributed by atoms with van der Waals surface area (Å²) in [6.45, 7) is 4.00. The molecule has 4 bridgehead atoms. The number of ether oxygens (including phenoxy) is 1. The Labute approximate surface area is 167 Å². The fraction of sp³-hybridized carbons (Fsp3) is 0.652. The second kappa shape index (κ2) is 7.41. The molecule has 152 valence electrons. The van der Waals surface area contributed by atoms with E-state index in [4.69, 9.17) is 4.74 Å². The monoisotopic (exact) mass is 384 g/mol. The maximum atomic E-state index is 13.0. The molecule has 4 saturated carbocycles. The number of benzene rings is 1. The third-order valence-corrected chi connectivity index (χ3v) is 7.16. The number of carbonyl (C=O) groups excluding carboxylic acids is 2. The third-order valence-electron chi connectivity index (χ3n) is 7.16. The molecule has 4 aliphatic carbocycles. The van der Waals surface area contributed by atoms with Gasteiger partial charge in [0.15, 0.2) is 0 Å². The van der Waals surface area contributed by atoms with E-state index in [1.54, 1.807) is 7.11 Å². The van der Waals surface area contributed by atoms with E-state index < -0.39 is 0 Å². The average molecular weight is 385 g/mol. The van der Waals surface area contributed by atoms with E-state index in [1.807, 2.05) is 32.0 Å². The van der Waals surface area contributed by atoms with Gasteiger partial charge in [0, 0.05) is 11.0 Å². The molecule has 2 N–H and O–H groups in total. The van der Waals surface area contributed by atoms with Crippen LogP contribution in [0.1, 0.15) is 62.6 Å². The average Bonchev–Trinajstić information content (AvgIpc) is 2.65. The molecule has 1 atom stereocenters. The van der Waals surface area contributed by atoms with Gasteiger partial charge in [-0.1, -0.05) is 17.7 Å². The van der Waals surface area contributed by atoms with Gasteiger partial charge >= 0.3 is 0 Å². The van der Waals surface area contributed by atoms with Gasteiger partial charge in [0.05, 0.1) is 19.7 Å². The van der Waals surface area contributed by atoms with E-state index in [-0.39, 0.29) is 29.8 Å². The van der Waals surface area contributed by atoms with Crippen molar-refractivity contribution in [2.75, 3.05) is 13.7 Å². The lowest BCUT2D eigenvalue weighted by Crippen LogP contribution is -2.54. The van der Waals surface area contributed by atoms with Gasteiger partial charge in [0.2, 0.25) is 11.8 Å². The molecule has 28 heavy (non-hydrogen) atoms. The summed E-state index contributed by atoms with van der Waals surface area (Å²) in [5, 5.41) is 5.95. The van der Waals surface area contributed by atoms with E-state index in [0.717, 1.165) is 53.9 Å². The Balaban J connectivity index is 1.33. The van der Waals surface area contributed by atoms with E-state index in [9.17, 15) is 9.59 Å². The molecule has 4 fully saturated rings. The molecule has 5 rings (SSSR count). The molecule has 1 unspecified atom stereocenters. The standard InChI is InChI=1S/C23H32N2O3/c1-14-4-5-20(28-3)19(6-14)15(2)25-21(26)13-24-22(27)23-10-16-7-17(11-23)9-18(8-16)12-23/h4-6,15-18H,7-13H2,1-3H3,(H,24,27)(H,25,26). The lowest BCUT2D eigenvalue weighted by Gasteiger charge is -2.55. The molecular weight excluding hydrogens is 352 g/mol. The highest BCUT2D eigenvalue weighted by Crippen LogP contribution is 2.60. The van der Waals surface area contributed by atoms with Crippen molar-refractivity contribution in [1.29, 1.82) is 0 Å². The van der Waals surface area contributed by atoms with Gasteiger partial charge in [-0.15, -0.1) is 0 Å². The highest BCUT2D eigenvalue weighted by molar-refractivity contribution is 5.88. The summed E-state index contributed by atoms with van der Waals surface area (Å²) >= 11 is 0. The summed E-state index contributed by atoms with van der Waals surface area (Å²) in [6, 6.07) is 5.75. The molecule has 0 aromatic heterocycles. The summed E-state index contributed by atoms with van der Waals surface area (Å²) in [6.07, 6.45) is 6.98. The van der Waals surface area contributed by atoms with E-state index in [2.05, 4.69) is 10.6 Å². The number of aryl methyl sites for hydroxylation is 1. The summed E-state index contributed by atoms with van der Waals surface area (Å²) in [4.78, 5) is 25.5. The molecule has 0 spiro atoms. The fourth-order valence-electron chi connectivity index (χ4n) is 6.30. The molecule has 0 radical (unpaired) electrons. The Morgan fingerprint density at radius 2 is 1.75 bits per heavy atom. The Hall–Kier alpha value is -2.04. The normalized spacial score (nSPS) is 31.3. The van der Waals surface area contributed by atoms with Crippen LogP contribution in [-0.2, 0) is 9.59 Å². The van der Waals surface area contributed by atoms with Crippen molar-refractivity contribution < 1.29 is 14.3 Å². The SMILES string of the molecule is COc1ccc(C)cc1C(C)NC(=O)CNC(=O)C12CC3CC(CC(C3)C1)C2. The molecule has 5 heteroatoms. The van der Waals surface area contributed by atoms with Crippen molar-refractivity contribution >= 4 is 11.8 Å². The number of rotatable bonds is 6. The largest absolute Gasteiger partial charge is 0.496 e. The molecule has 2 amide bonds. The molecule has 1 aromatic rings. The summed E-state index contributed by atoms with van der Waals surface area (Å²) in [5.41, 5.74) is 1.86.